The Balaban J connectivity index is 2.13. The summed E-state index contributed by atoms with van der Waals surface area (Å²) in [6, 6.07) is 3.57. The summed E-state index contributed by atoms with van der Waals surface area (Å²) < 4.78 is 0. The smallest absolute Gasteiger partial charge is 0.146 e. The third-order valence-corrected chi connectivity index (χ3v) is 2.41. The third kappa shape index (κ3) is 2.12. The standard InChI is InChI=1S/C10H8ClN5/c11-9-8(3-12)1-2-13-10(9)14-4-7-5-15-16-6-7/h1-2,5-6H,4H2,(H,13,14)(H,15,16). The molecule has 0 aliphatic heterocycles. The lowest BCUT2D eigenvalue weighted by Crippen LogP contribution is -2.01. The Labute approximate surface area is 97.1 Å². The van der Waals surface area contributed by atoms with E-state index >= 15 is 0 Å². The number of anilines is 1. The van der Waals surface area contributed by atoms with E-state index in [0.29, 0.717) is 22.9 Å². The molecule has 2 rings (SSSR count). The van der Waals surface area contributed by atoms with Gasteiger partial charge in [-0.15, -0.1) is 0 Å². The van der Waals surface area contributed by atoms with E-state index in [1.165, 1.54) is 0 Å². The normalized spacial score (nSPS) is 9.75. The van der Waals surface area contributed by atoms with Crippen molar-refractivity contribution in [2.45, 2.75) is 6.54 Å². The molecule has 5 nitrogen and oxygen atoms in total. The Hall–Kier alpha value is -2.06. The van der Waals surface area contributed by atoms with Gasteiger partial charge < -0.3 is 5.32 Å². The number of H-pyrrole nitrogens is 1. The number of aromatic amines is 1. The number of nitrogens with zero attached hydrogens (tertiary/aromatic N) is 3. The summed E-state index contributed by atoms with van der Waals surface area (Å²) in [7, 11) is 0. The lowest BCUT2D eigenvalue weighted by atomic mass is 10.3. The highest BCUT2D eigenvalue weighted by molar-refractivity contribution is 6.34. The van der Waals surface area contributed by atoms with E-state index in [1.54, 1.807) is 24.7 Å². The minimum absolute atomic E-state index is 0.341. The van der Waals surface area contributed by atoms with Gasteiger partial charge in [0.05, 0.1) is 11.8 Å². The van der Waals surface area contributed by atoms with Crippen molar-refractivity contribution in [3.8, 4) is 6.07 Å². The predicted octanol–water partition coefficient (Wildman–Crippen LogP) is 1.94. The van der Waals surface area contributed by atoms with Crippen molar-refractivity contribution in [1.29, 1.82) is 5.26 Å². The highest BCUT2D eigenvalue weighted by atomic mass is 35.5. The third-order valence-electron chi connectivity index (χ3n) is 2.02. The van der Waals surface area contributed by atoms with Crippen molar-refractivity contribution < 1.29 is 0 Å². The van der Waals surface area contributed by atoms with E-state index < -0.39 is 0 Å². The van der Waals surface area contributed by atoms with Gasteiger partial charge in [-0.05, 0) is 6.07 Å². The van der Waals surface area contributed by atoms with E-state index in [-0.39, 0.29) is 0 Å². The maximum absolute atomic E-state index is 8.79. The molecular formula is C10H8ClN5. The highest BCUT2D eigenvalue weighted by Crippen LogP contribution is 2.22. The van der Waals surface area contributed by atoms with Gasteiger partial charge in [0.1, 0.15) is 16.9 Å². The van der Waals surface area contributed by atoms with Gasteiger partial charge in [-0.3, -0.25) is 5.10 Å². The first-order valence-electron chi connectivity index (χ1n) is 4.57. The Kier molecular flexibility index (Phi) is 3.03. The molecule has 0 aliphatic carbocycles. The molecule has 0 radical (unpaired) electrons. The van der Waals surface area contributed by atoms with Gasteiger partial charge in [0.25, 0.3) is 0 Å². The minimum atomic E-state index is 0.341. The zero-order chi connectivity index (χ0) is 11.4. The van der Waals surface area contributed by atoms with Gasteiger partial charge >= 0.3 is 0 Å². The second-order valence-electron chi connectivity index (χ2n) is 3.09. The maximum atomic E-state index is 8.79. The summed E-state index contributed by atoms with van der Waals surface area (Å²) >= 11 is 5.98. The second-order valence-corrected chi connectivity index (χ2v) is 3.47. The summed E-state index contributed by atoms with van der Waals surface area (Å²) in [4.78, 5) is 4.06. The molecule has 2 aromatic rings. The number of nitrogens with one attached hydrogen (secondary N) is 2. The lowest BCUT2D eigenvalue weighted by molar-refractivity contribution is 1.09. The molecule has 0 atom stereocenters. The maximum Gasteiger partial charge on any atom is 0.146 e. The van der Waals surface area contributed by atoms with Crippen LogP contribution in [0.5, 0.6) is 0 Å². The van der Waals surface area contributed by atoms with Crippen LogP contribution in [0.25, 0.3) is 0 Å². The summed E-state index contributed by atoms with van der Waals surface area (Å²) in [5.74, 6) is 0.502. The van der Waals surface area contributed by atoms with Crippen LogP contribution in [0.2, 0.25) is 5.02 Å². The molecule has 2 aromatic heterocycles. The first-order valence-corrected chi connectivity index (χ1v) is 4.95. The van der Waals surface area contributed by atoms with Crippen molar-refractivity contribution in [3.05, 3.63) is 40.8 Å². The summed E-state index contributed by atoms with van der Waals surface area (Å²) in [5, 5.41) is 18.7. The van der Waals surface area contributed by atoms with E-state index in [4.69, 9.17) is 16.9 Å². The molecule has 0 aliphatic rings. The average molecular weight is 234 g/mol. The Morgan fingerprint density at radius 2 is 2.44 bits per heavy atom. The van der Waals surface area contributed by atoms with Crippen LogP contribution >= 0.6 is 11.6 Å². The molecular weight excluding hydrogens is 226 g/mol. The molecule has 0 saturated carbocycles. The van der Waals surface area contributed by atoms with Crippen LogP contribution in [-0.2, 0) is 6.54 Å². The summed E-state index contributed by atoms with van der Waals surface area (Å²) in [5.41, 5.74) is 1.39. The highest BCUT2D eigenvalue weighted by Gasteiger charge is 2.06. The lowest BCUT2D eigenvalue weighted by Gasteiger charge is -2.06. The Morgan fingerprint density at radius 3 is 3.12 bits per heavy atom. The number of pyridine rings is 1. The average Bonchev–Trinajstić information content (AvgIpc) is 2.81. The van der Waals surface area contributed by atoms with Crippen molar-refractivity contribution >= 4 is 17.4 Å². The number of nitriles is 1. The number of halogens is 1. The molecule has 80 valence electrons. The molecule has 16 heavy (non-hydrogen) atoms. The van der Waals surface area contributed by atoms with E-state index in [2.05, 4.69) is 20.5 Å². The first kappa shape index (κ1) is 10.5. The number of aromatic nitrogens is 3. The molecule has 0 unspecified atom stereocenters. The van der Waals surface area contributed by atoms with Crippen LogP contribution in [0, 0.1) is 11.3 Å². The largest absolute Gasteiger partial charge is 0.365 e. The van der Waals surface area contributed by atoms with E-state index in [0.717, 1.165) is 5.56 Å². The van der Waals surface area contributed by atoms with E-state index in [1.807, 2.05) is 6.07 Å². The zero-order valence-corrected chi connectivity index (χ0v) is 8.99. The molecule has 6 heteroatoms. The fraction of sp³-hybridized carbons (Fsp3) is 0.100. The zero-order valence-electron chi connectivity index (χ0n) is 8.24. The summed E-state index contributed by atoms with van der Waals surface area (Å²) in [6.07, 6.45) is 5.02. The Bertz CT molecular complexity index is 515. The van der Waals surface area contributed by atoms with Gasteiger partial charge in [0, 0.05) is 24.5 Å². The van der Waals surface area contributed by atoms with Crippen LogP contribution in [0.15, 0.2) is 24.7 Å². The molecule has 0 amide bonds. The number of hydrogen-bond donors (Lipinski definition) is 2. The second kappa shape index (κ2) is 4.64. The van der Waals surface area contributed by atoms with Crippen molar-refractivity contribution in [2.24, 2.45) is 0 Å². The molecule has 2 N–H and O–H groups in total. The molecule has 0 saturated heterocycles. The van der Waals surface area contributed by atoms with Gasteiger partial charge in [0.2, 0.25) is 0 Å². The van der Waals surface area contributed by atoms with Gasteiger partial charge in [-0.2, -0.15) is 10.4 Å². The fourth-order valence-corrected chi connectivity index (χ4v) is 1.43. The van der Waals surface area contributed by atoms with Crippen LogP contribution < -0.4 is 5.32 Å². The first-order chi connectivity index (χ1) is 7.81. The van der Waals surface area contributed by atoms with Crippen LogP contribution in [0.3, 0.4) is 0 Å². The minimum Gasteiger partial charge on any atom is -0.365 e. The van der Waals surface area contributed by atoms with Crippen LogP contribution in [0.4, 0.5) is 5.82 Å². The quantitative estimate of drug-likeness (QED) is 0.849. The topological polar surface area (TPSA) is 77.4 Å². The van der Waals surface area contributed by atoms with Crippen LogP contribution in [-0.4, -0.2) is 15.2 Å². The summed E-state index contributed by atoms with van der Waals surface area (Å²) in [6.45, 7) is 0.554. The monoisotopic (exact) mass is 233 g/mol. The van der Waals surface area contributed by atoms with Crippen molar-refractivity contribution in [1.82, 2.24) is 15.2 Å². The van der Waals surface area contributed by atoms with Crippen LogP contribution in [0.1, 0.15) is 11.1 Å². The SMILES string of the molecule is N#Cc1ccnc(NCc2cn[nH]c2)c1Cl. The van der Waals surface area contributed by atoms with E-state index in [9.17, 15) is 0 Å². The van der Waals surface area contributed by atoms with Gasteiger partial charge in [0.15, 0.2) is 0 Å². The Morgan fingerprint density at radius 1 is 1.56 bits per heavy atom. The molecule has 0 aromatic carbocycles. The molecule has 0 fully saturated rings. The molecule has 0 spiro atoms. The van der Waals surface area contributed by atoms with Crippen molar-refractivity contribution in [3.63, 3.8) is 0 Å². The van der Waals surface area contributed by atoms with Crippen molar-refractivity contribution in [2.75, 3.05) is 5.32 Å². The predicted molar refractivity (Wildman–Crippen MR) is 59.9 cm³/mol. The molecule has 0 bridgehead atoms. The van der Waals surface area contributed by atoms with Gasteiger partial charge in [-0.1, -0.05) is 11.6 Å². The molecule has 2 heterocycles. The number of hydrogen-bond acceptors (Lipinski definition) is 4. The van der Waals surface area contributed by atoms with Gasteiger partial charge in [-0.25, -0.2) is 4.98 Å². The number of rotatable bonds is 3. The fourth-order valence-electron chi connectivity index (χ4n) is 1.21.